The van der Waals surface area contributed by atoms with Gasteiger partial charge in [-0.05, 0) is 45.9 Å². The van der Waals surface area contributed by atoms with E-state index in [4.69, 9.17) is 0 Å². The Labute approximate surface area is 129 Å². The maximum Gasteiger partial charge on any atom is 0.124 e. The Balaban J connectivity index is 2.26. The van der Waals surface area contributed by atoms with E-state index < -0.39 is 0 Å². The van der Waals surface area contributed by atoms with E-state index in [9.17, 15) is 4.39 Å². The monoisotopic (exact) mass is 307 g/mol. The molecule has 0 unspecified atom stereocenters. The highest BCUT2D eigenvalue weighted by molar-refractivity contribution is 7.99. The minimum Gasteiger partial charge on any atom is -0.308 e. The highest BCUT2D eigenvalue weighted by atomic mass is 32.2. The van der Waals surface area contributed by atoms with Crippen LogP contribution >= 0.6 is 11.8 Å². The number of nitrogens with one attached hydrogen (secondary N) is 1. The van der Waals surface area contributed by atoms with Crippen LogP contribution in [0.1, 0.15) is 32.0 Å². The summed E-state index contributed by atoms with van der Waals surface area (Å²) in [6, 6.07) is 6.65. The van der Waals surface area contributed by atoms with E-state index in [1.165, 1.54) is 11.6 Å². The summed E-state index contributed by atoms with van der Waals surface area (Å²) in [5.74, 6) is -0.215. The molecule has 1 aromatic heterocycles. The Morgan fingerprint density at radius 3 is 2.67 bits per heavy atom. The summed E-state index contributed by atoms with van der Waals surface area (Å²) in [6.07, 6.45) is 0. The van der Waals surface area contributed by atoms with Gasteiger partial charge in [0.2, 0.25) is 0 Å². The highest BCUT2D eigenvalue weighted by Crippen LogP contribution is 2.32. The molecule has 0 fully saturated rings. The van der Waals surface area contributed by atoms with Crippen LogP contribution in [0.3, 0.4) is 0 Å². The fraction of sp³-hybridized carbons (Fsp3) is 0.438. The lowest BCUT2D eigenvalue weighted by molar-refractivity contribution is 0.421. The van der Waals surface area contributed by atoms with Crippen molar-refractivity contribution >= 4 is 11.8 Å². The average molecular weight is 307 g/mol. The van der Waals surface area contributed by atoms with E-state index in [1.54, 1.807) is 23.9 Å². The van der Waals surface area contributed by atoms with Gasteiger partial charge in [-0.2, -0.15) is 5.10 Å². The standard InChI is InChI=1S/C16H22FN3S/c1-11-14(10-18-16(2,3)4)15(20(5)19-11)21-13-8-6-7-12(17)9-13/h6-9,18H,10H2,1-5H3. The SMILES string of the molecule is Cc1nn(C)c(Sc2cccc(F)c2)c1CNC(C)(C)C. The van der Waals surface area contributed by atoms with Gasteiger partial charge in [0.1, 0.15) is 10.8 Å². The molecule has 0 amide bonds. The van der Waals surface area contributed by atoms with Gasteiger partial charge in [0, 0.05) is 29.6 Å². The van der Waals surface area contributed by atoms with E-state index in [1.807, 2.05) is 24.7 Å². The van der Waals surface area contributed by atoms with Crippen molar-refractivity contribution in [3.05, 3.63) is 41.3 Å². The number of halogens is 1. The molecule has 5 heteroatoms. The predicted molar refractivity (Wildman–Crippen MR) is 85.1 cm³/mol. The van der Waals surface area contributed by atoms with Gasteiger partial charge in [-0.25, -0.2) is 4.39 Å². The first-order chi connectivity index (χ1) is 9.76. The van der Waals surface area contributed by atoms with Crippen molar-refractivity contribution in [3.8, 4) is 0 Å². The van der Waals surface area contributed by atoms with Crippen LogP contribution in [-0.2, 0) is 13.6 Å². The third-order valence-electron chi connectivity index (χ3n) is 3.09. The molecule has 3 nitrogen and oxygen atoms in total. The molecule has 0 radical (unpaired) electrons. The highest BCUT2D eigenvalue weighted by Gasteiger charge is 2.17. The molecule has 0 saturated heterocycles. The van der Waals surface area contributed by atoms with E-state index >= 15 is 0 Å². The molecule has 21 heavy (non-hydrogen) atoms. The van der Waals surface area contributed by atoms with Gasteiger partial charge in [0.25, 0.3) is 0 Å². The second kappa shape index (κ2) is 6.20. The molecule has 0 aliphatic heterocycles. The summed E-state index contributed by atoms with van der Waals surface area (Å²) >= 11 is 1.55. The summed E-state index contributed by atoms with van der Waals surface area (Å²) in [6.45, 7) is 9.17. The van der Waals surface area contributed by atoms with Crippen LogP contribution < -0.4 is 5.32 Å². The molecular formula is C16H22FN3S. The van der Waals surface area contributed by atoms with Gasteiger partial charge in [0.15, 0.2) is 0 Å². The summed E-state index contributed by atoms with van der Waals surface area (Å²) < 4.78 is 15.2. The smallest absolute Gasteiger partial charge is 0.124 e. The number of rotatable bonds is 4. The second-order valence-electron chi connectivity index (χ2n) is 6.16. The molecule has 0 aliphatic carbocycles. The van der Waals surface area contributed by atoms with E-state index in [2.05, 4.69) is 31.2 Å². The van der Waals surface area contributed by atoms with Crippen molar-refractivity contribution in [2.45, 2.75) is 49.7 Å². The zero-order valence-electron chi connectivity index (χ0n) is 13.2. The Bertz CT molecular complexity index is 629. The number of benzene rings is 1. The number of aryl methyl sites for hydroxylation is 2. The maximum absolute atomic E-state index is 13.3. The largest absolute Gasteiger partial charge is 0.308 e. The van der Waals surface area contributed by atoms with Crippen LogP contribution in [-0.4, -0.2) is 15.3 Å². The number of nitrogens with zero attached hydrogens (tertiary/aromatic N) is 2. The van der Waals surface area contributed by atoms with Crippen LogP contribution in [0.25, 0.3) is 0 Å². The number of hydrogen-bond donors (Lipinski definition) is 1. The lowest BCUT2D eigenvalue weighted by Gasteiger charge is -2.20. The lowest BCUT2D eigenvalue weighted by atomic mass is 10.1. The van der Waals surface area contributed by atoms with Crippen LogP contribution in [0.15, 0.2) is 34.2 Å². The Kier molecular flexibility index (Phi) is 4.74. The Morgan fingerprint density at radius 1 is 1.33 bits per heavy atom. The first kappa shape index (κ1) is 16.0. The minimum absolute atomic E-state index is 0.0447. The molecule has 0 bridgehead atoms. The Hall–Kier alpha value is -1.33. The molecule has 1 aromatic carbocycles. The normalized spacial score (nSPS) is 11.9. The summed E-state index contributed by atoms with van der Waals surface area (Å²) in [4.78, 5) is 0.884. The molecular weight excluding hydrogens is 285 g/mol. The molecule has 0 aliphatic rings. The first-order valence-corrected chi connectivity index (χ1v) is 7.79. The summed E-state index contributed by atoms with van der Waals surface area (Å²) in [7, 11) is 1.93. The van der Waals surface area contributed by atoms with Crippen molar-refractivity contribution < 1.29 is 4.39 Å². The van der Waals surface area contributed by atoms with Crippen molar-refractivity contribution in [2.24, 2.45) is 7.05 Å². The molecule has 2 rings (SSSR count). The van der Waals surface area contributed by atoms with Crippen molar-refractivity contribution in [3.63, 3.8) is 0 Å². The van der Waals surface area contributed by atoms with E-state index in [0.29, 0.717) is 0 Å². The summed E-state index contributed by atoms with van der Waals surface area (Å²) in [5.41, 5.74) is 2.22. The van der Waals surface area contributed by atoms with Gasteiger partial charge in [-0.3, -0.25) is 4.68 Å². The molecule has 0 atom stereocenters. The van der Waals surface area contributed by atoms with Crippen LogP contribution in [0.5, 0.6) is 0 Å². The molecule has 0 saturated carbocycles. The van der Waals surface area contributed by atoms with Crippen molar-refractivity contribution in [2.75, 3.05) is 0 Å². The van der Waals surface area contributed by atoms with E-state index in [0.717, 1.165) is 22.2 Å². The Morgan fingerprint density at radius 2 is 2.05 bits per heavy atom. The third kappa shape index (κ3) is 4.32. The first-order valence-electron chi connectivity index (χ1n) is 6.97. The van der Waals surface area contributed by atoms with Gasteiger partial charge in [0.05, 0.1) is 5.69 Å². The average Bonchev–Trinajstić information content (AvgIpc) is 2.61. The maximum atomic E-state index is 13.3. The topological polar surface area (TPSA) is 29.9 Å². The van der Waals surface area contributed by atoms with Crippen LogP contribution in [0, 0.1) is 12.7 Å². The van der Waals surface area contributed by atoms with Gasteiger partial charge >= 0.3 is 0 Å². The fourth-order valence-electron chi connectivity index (χ4n) is 2.01. The zero-order chi connectivity index (χ0) is 15.6. The molecule has 1 N–H and O–H groups in total. The van der Waals surface area contributed by atoms with E-state index in [-0.39, 0.29) is 11.4 Å². The molecule has 0 spiro atoms. The second-order valence-corrected chi connectivity index (χ2v) is 7.22. The fourth-order valence-corrected chi connectivity index (χ4v) is 3.07. The number of aromatic nitrogens is 2. The zero-order valence-corrected chi connectivity index (χ0v) is 14.0. The number of hydrogen-bond acceptors (Lipinski definition) is 3. The third-order valence-corrected chi connectivity index (χ3v) is 4.29. The molecule has 2 aromatic rings. The lowest BCUT2D eigenvalue weighted by Crippen LogP contribution is -2.35. The van der Waals surface area contributed by atoms with Crippen LogP contribution in [0.2, 0.25) is 0 Å². The quantitative estimate of drug-likeness (QED) is 0.929. The van der Waals surface area contributed by atoms with Gasteiger partial charge < -0.3 is 5.32 Å². The summed E-state index contributed by atoms with van der Waals surface area (Å²) in [5, 5.41) is 9.03. The van der Waals surface area contributed by atoms with Crippen LogP contribution in [0.4, 0.5) is 4.39 Å². The molecule has 114 valence electrons. The van der Waals surface area contributed by atoms with Gasteiger partial charge in [-0.1, -0.05) is 17.8 Å². The minimum atomic E-state index is -0.215. The van der Waals surface area contributed by atoms with Gasteiger partial charge in [-0.15, -0.1) is 0 Å². The van der Waals surface area contributed by atoms with Crippen molar-refractivity contribution in [1.82, 2.24) is 15.1 Å². The predicted octanol–water partition coefficient (Wildman–Crippen LogP) is 3.91. The molecule has 1 heterocycles. The van der Waals surface area contributed by atoms with Crippen molar-refractivity contribution in [1.29, 1.82) is 0 Å².